The normalized spacial score (nSPS) is 11.2. The second kappa shape index (κ2) is 12.1. The first kappa shape index (κ1) is 28.1. The van der Waals surface area contributed by atoms with Gasteiger partial charge in [0.25, 0.3) is 0 Å². The van der Waals surface area contributed by atoms with E-state index in [4.69, 9.17) is 15.7 Å². The van der Waals surface area contributed by atoms with Crippen molar-refractivity contribution < 1.29 is 8.42 Å². The SMILES string of the molecule is [B]c1ccc(N(c2ccccc2)c2ccc(S(=O)(=O)c3ccc(N(c4ccccc4)c4ccc([B])cc4)cc3)cc2)cc1. The van der Waals surface area contributed by atoms with Crippen LogP contribution in [0.4, 0.5) is 34.1 Å². The van der Waals surface area contributed by atoms with Crippen molar-refractivity contribution in [2.75, 3.05) is 9.80 Å². The Hall–Kier alpha value is -5.00. The second-order valence-electron chi connectivity index (χ2n) is 10.0. The molecular formula is C36H26B2N2O2S. The highest BCUT2D eigenvalue weighted by molar-refractivity contribution is 7.91. The minimum absolute atomic E-state index is 0.216. The Kier molecular flexibility index (Phi) is 7.91. The highest BCUT2D eigenvalue weighted by Crippen LogP contribution is 2.37. The summed E-state index contributed by atoms with van der Waals surface area (Å²) in [6, 6.07) is 48.8. The third kappa shape index (κ3) is 5.99. The number of anilines is 6. The molecule has 0 bridgehead atoms. The van der Waals surface area contributed by atoms with E-state index in [-0.39, 0.29) is 9.79 Å². The molecule has 0 heterocycles. The van der Waals surface area contributed by atoms with Crippen LogP contribution in [0.5, 0.6) is 0 Å². The fourth-order valence-electron chi connectivity index (χ4n) is 4.98. The van der Waals surface area contributed by atoms with Crippen molar-refractivity contribution in [3.63, 3.8) is 0 Å². The predicted octanol–water partition coefficient (Wildman–Crippen LogP) is 7.05. The third-order valence-corrected chi connectivity index (χ3v) is 8.93. The van der Waals surface area contributed by atoms with Gasteiger partial charge in [0.1, 0.15) is 15.7 Å². The van der Waals surface area contributed by atoms with Gasteiger partial charge in [0.15, 0.2) is 0 Å². The molecule has 0 aliphatic rings. The molecule has 6 aromatic rings. The standard InChI is InChI=1S/C36H26B2N2O2S/c37-27-11-15-31(16-12-27)39(29-7-3-1-4-8-29)33-19-23-35(24-20-33)43(41,42)36-25-21-34(22-26-36)40(30-9-5-2-6-10-30)32-17-13-28(38)14-18-32/h1-26H. The Morgan fingerprint density at radius 2 is 0.605 bits per heavy atom. The Balaban J connectivity index is 1.31. The van der Waals surface area contributed by atoms with Crippen molar-refractivity contribution in [3.8, 4) is 0 Å². The summed E-state index contributed by atoms with van der Waals surface area (Å²) in [7, 11) is 8.09. The number of hydrogen-bond acceptors (Lipinski definition) is 4. The molecule has 6 aromatic carbocycles. The van der Waals surface area contributed by atoms with E-state index >= 15 is 0 Å². The first-order chi connectivity index (χ1) is 20.9. The van der Waals surface area contributed by atoms with Gasteiger partial charge in [0.2, 0.25) is 9.84 Å². The van der Waals surface area contributed by atoms with Crippen LogP contribution >= 0.6 is 0 Å². The highest BCUT2D eigenvalue weighted by Gasteiger charge is 2.20. The van der Waals surface area contributed by atoms with Gasteiger partial charge >= 0.3 is 0 Å². The van der Waals surface area contributed by atoms with Crippen molar-refractivity contribution >= 4 is 70.6 Å². The maximum Gasteiger partial charge on any atom is 0.206 e. The van der Waals surface area contributed by atoms with Crippen molar-refractivity contribution in [1.29, 1.82) is 0 Å². The molecule has 0 N–H and O–H groups in total. The van der Waals surface area contributed by atoms with Gasteiger partial charge in [0.05, 0.1) is 9.79 Å². The fourth-order valence-corrected chi connectivity index (χ4v) is 6.24. The lowest BCUT2D eigenvalue weighted by Crippen LogP contribution is -2.12. The smallest absolute Gasteiger partial charge is 0.206 e. The first-order valence-corrected chi connectivity index (χ1v) is 15.3. The van der Waals surface area contributed by atoms with Crippen LogP contribution < -0.4 is 20.7 Å². The summed E-state index contributed by atoms with van der Waals surface area (Å²) in [6.45, 7) is 0. The molecule has 0 aromatic heterocycles. The van der Waals surface area contributed by atoms with Crippen molar-refractivity contribution in [1.82, 2.24) is 0 Å². The molecule has 0 aliphatic heterocycles. The summed E-state index contributed by atoms with van der Waals surface area (Å²) in [4.78, 5) is 4.54. The molecule has 7 heteroatoms. The van der Waals surface area contributed by atoms with Crippen LogP contribution in [0.15, 0.2) is 168 Å². The molecule has 0 aliphatic carbocycles. The fraction of sp³-hybridized carbons (Fsp3) is 0. The van der Waals surface area contributed by atoms with Crippen LogP contribution in [0, 0.1) is 0 Å². The Morgan fingerprint density at radius 3 is 0.907 bits per heavy atom. The van der Waals surface area contributed by atoms with Crippen LogP contribution in [0.1, 0.15) is 0 Å². The van der Waals surface area contributed by atoms with Gasteiger partial charge in [-0.25, -0.2) is 8.42 Å². The predicted molar refractivity (Wildman–Crippen MR) is 178 cm³/mol. The van der Waals surface area contributed by atoms with Crippen LogP contribution in [0.3, 0.4) is 0 Å². The van der Waals surface area contributed by atoms with E-state index in [1.165, 1.54) is 0 Å². The molecule has 0 unspecified atom stereocenters. The van der Waals surface area contributed by atoms with Crippen LogP contribution in [0.2, 0.25) is 0 Å². The van der Waals surface area contributed by atoms with Gasteiger partial charge in [0, 0.05) is 34.1 Å². The maximum absolute atomic E-state index is 13.7. The lowest BCUT2D eigenvalue weighted by Gasteiger charge is -2.26. The third-order valence-electron chi connectivity index (χ3n) is 7.14. The van der Waals surface area contributed by atoms with Gasteiger partial charge in [-0.1, -0.05) is 71.6 Å². The number of hydrogen-bond donors (Lipinski definition) is 0. The largest absolute Gasteiger partial charge is 0.311 e. The molecule has 4 radical (unpaired) electrons. The molecule has 0 spiro atoms. The molecule has 0 amide bonds. The lowest BCUT2D eigenvalue weighted by atomic mass is 9.96. The van der Waals surface area contributed by atoms with Crippen LogP contribution in [-0.2, 0) is 9.84 Å². The Bertz CT molecular complexity index is 1780. The summed E-state index contributed by atoms with van der Waals surface area (Å²) in [6.07, 6.45) is 0. The summed E-state index contributed by atoms with van der Waals surface area (Å²) < 4.78 is 27.4. The molecule has 0 saturated carbocycles. The quantitative estimate of drug-likeness (QED) is 0.184. The summed E-state index contributed by atoms with van der Waals surface area (Å²) in [5.41, 5.74) is 6.71. The maximum atomic E-state index is 13.7. The molecular weight excluding hydrogens is 546 g/mol. The summed E-state index contributed by atoms with van der Waals surface area (Å²) in [5, 5.41) is 0. The van der Waals surface area contributed by atoms with E-state index < -0.39 is 9.84 Å². The van der Waals surface area contributed by atoms with Crippen LogP contribution in [-0.4, -0.2) is 24.1 Å². The monoisotopic (exact) mass is 572 g/mol. The van der Waals surface area contributed by atoms with E-state index in [0.717, 1.165) is 34.1 Å². The van der Waals surface area contributed by atoms with E-state index in [0.29, 0.717) is 10.9 Å². The van der Waals surface area contributed by atoms with Gasteiger partial charge in [-0.15, -0.1) is 0 Å². The molecule has 0 atom stereocenters. The van der Waals surface area contributed by atoms with E-state index in [1.54, 1.807) is 24.3 Å². The van der Waals surface area contributed by atoms with E-state index in [2.05, 4.69) is 9.80 Å². The van der Waals surface area contributed by atoms with Gasteiger partial charge in [-0.05, 0) is 97.1 Å². The van der Waals surface area contributed by atoms with Crippen molar-refractivity contribution in [3.05, 3.63) is 158 Å². The lowest BCUT2D eigenvalue weighted by molar-refractivity contribution is 0.596. The van der Waals surface area contributed by atoms with Gasteiger partial charge in [-0.2, -0.15) is 0 Å². The first-order valence-electron chi connectivity index (χ1n) is 13.8. The summed E-state index contributed by atoms with van der Waals surface area (Å²) in [5.74, 6) is 0. The van der Waals surface area contributed by atoms with Gasteiger partial charge < -0.3 is 9.80 Å². The minimum atomic E-state index is -3.76. The Labute approximate surface area is 255 Å². The zero-order chi connectivity index (χ0) is 29.8. The van der Waals surface area contributed by atoms with Gasteiger partial charge in [-0.3, -0.25) is 0 Å². The van der Waals surface area contributed by atoms with E-state index in [1.807, 2.05) is 133 Å². The van der Waals surface area contributed by atoms with Crippen molar-refractivity contribution in [2.24, 2.45) is 0 Å². The topological polar surface area (TPSA) is 40.6 Å². The zero-order valence-corrected chi connectivity index (χ0v) is 24.1. The molecule has 204 valence electrons. The number of benzene rings is 6. The zero-order valence-electron chi connectivity index (χ0n) is 23.3. The minimum Gasteiger partial charge on any atom is -0.311 e. The molecule has 6 rings (SSSR count). The average molecular weight is 572 g/mol. The van der Waals surface area contributed by atoms with E-state index in [9.17, 15) is 8.42 Å². The highest BCUT2D eigenvalue weighted by atomic mass is 32.2. The van der Waals surface area contributed by atoms with Crippen molar-refractivity contribution in [2.45, 2.75) is 9.79 Å². The molecule has 43 heavy (non-hydrogen) atoms. The average Bonchev–Trinajstić information content (AvgIpc) is 3.05. The summed E-state index contributed by atoms with van der Waals surface area (Å²) >= 11 is 0. The Morgan fingerprint density at radius 1 is 0.349 bits per heavy atom. The molecule has 0 saturated heterocycles. The molecule has 0 fully saturated rings. The second-order valence-corrected chi connectivity index (χ2v) is 12.0. The molecule has 4 nitrogen and oxygen atoms in total. The van der Waals surface area contributed by atoms with Crippen LogP contribution in [0.25, 0.3) is 0 Å². The number of sulfone groups is 1. The number of nitrogens with zero attached hydrogens (tertiary/aromatic N) is 2. The number of rotatable bonds is 8. The number of para-hydroxylation sites is 2.